The van der Waals surface area contributed by atoms with Crippen molar-refractivity contribution in [3.63, 3.8) is 0 Å². The van der Waals surface area contributed by atoms with Crippen LogP contribution in [-0.2, 0) is 11.2 Å². The van der Waals surface area contributed by atoms with Crippen LogP contribution in [0.5, 0.6) is 0 Å². The lowest BCUT2D eigenvalue weighted by molar-refractivity contribution is -0.117. The smallest absolute Gasteiger partial charge is 0.248 e. The number of hydrogen-bond donors (Lipinski definition) is 2. The number of guanidine groups is 1. The molecule has 0 aromatic heterocycles. The molecule has 3 N–H and O–H groups in total. The molecule has 0 spiro atoms. The second-order valence-corrected chi connectivity index (χ2v) is 6.81. The van der Waals surface area contributed by atoms with E-state index in [0.717, 1.165) is 37.9 Å². The molecule has 138 valence electrons. The molecule has 6 heteroatoms. The molecular formula is C19H29IN4O. The fourth-order valence-corrected chi connectivity index (χ4v) is 3.71. The van der Waals surface area contributed by atoms with Crippen molar-refractivity contribution in [2.24, 2.45) is 10.7 Å². The van der Waals surface area contributed by atoms with Crippen molar-refractivity contribution in [1.82, 2.24) is 5.32 Å². The zero-order valence-electron chi connectivity index (χ0n) is 14.7. The molecule has 5 nitrogen and oxygen atoms in total. The molecule has 1 aromatic carbocycles. The van der Waals surface area contributed by atoms with Gasteiger partial charge in [-0.15, -0.1) is 24.0 Å². The number of nitrogens with two attached hydrogens (primary N) is 1. The molecule has 1 heterocycles. The molecule has 0 atom stereocenters. The van der Waals surface area contributed by atoms with E-state index in [1.807, 2.05) is 23.1 Å². The van der Waals surface area contributed by atoms with E-state index in [0.29, 0.717) is 12.0 Å². The summed E-state index contributed by atoms with van der Waals surface area (Å²) in [7, 11) is 0. The van der Waals surface area contributed by atoms with E-state index < -0.39 is 0 Å². The van der Waals surface area contributed by atoms with Gasteiger partial charge >= 0.3 is 0 Å². The van der Waals surface area contributed by atoms with Crippen LogP contribution in [0.3, 0.4) is 0 Å². The number of anilines is 1. The number of aliphatic imine (C=N–C) groups is 1. The quantitative estimate of drug-likeness (QED) is 0.318. The van der Waals surface area contributed by atoms with Gasteiger partial charge in [-0.05, 0) is 37.3 Å². The summed E-state index contributed by atoms with van der Waals surface area (Å²) in [5, 5.41) is 3.29. The van der Waals surface area contributed by atoms with E-state index in [4.69, 9.17) is 5.73 Å². The van der Waals surface area contributed by atoms with Crippen LogP contribution in [0.2, 0.25) is 0 Å². The molecule has 0 unspecified atom stereocenters. The molecule has 1 saturated carbocycles. The number of aryl methyl sites for hydroxylation is 1. The molecular weight excluding hydrogens is 427 g/mol. The summed E-state index contributed by atoms with van der Waals surface area (Å²) in [5.74, 6) is 0.424. The summed E-state index contributed by atoms with van der Waals surface area (Å²) in [5.41, 5.74) is 8.26. The third kappa shape index (κ3) is 5.59. The lowest BCUT2D eigenvalue weighted by atomic mass is 10.0. The Morgan fingerprint density at radius 1 is 1.16 bits per heavy atom. The highest BCUT2D eigenvalue weighted by molar-refractivity contribution is 14.0. The first-order valence-electron chi connectivity index (χ1n) is 9.19. The normalized spacial score (nSPS) is 18.7. The minimum atomic E-state index is 0. The van der Waals surface area contributed by atoms with E-state index in [-0.39, 0.29) is 36.4 Å². The predicted octanol–water partition coefficient (Wildman–Crippen LogP) is 3.21. The highest BCUT2D eigenvalue weighted by atomic mass is 127. The summed E-state index contributed by atoms with van der Waals surface area (Å²) in [6.45, 7) is 0.876. The molecule has 25 heavy (non-hydrogen) atoms. The number of rotatable bonds is 3. The Balaban J connectivity index is 0.00000225. The molecule has 0 bridgehead atoms. The Morgan fingerprint density at radius 2 is 1.88 bits per heavy atom. The highest BCUT2D eigenvalue weighted by Gasteiger charge is 2.21. The predicted molar refractivity (Wildman–Crippen MR) is 114 cm³/mol. The molecule has 1 aliphatic heterocycles. The standard InChI is InChI=1S/C19H28N4O.HI/c20-19(22-16-10-3-1-2-4-11-16)21-14-18(24)23-13-7-9-15-8-5-6-12-17(15)23;/h5-6,8,12,16H,1-4,7,9-11,13-14H2,(H3,20,21,22);1H. The van der Waals surface area contributed by atoms with Crippen molar-refractivity contribution >= 4 is 41.5 Å². The Hall–Kier alpha value is -1.31. The number of carbonyl (C=O) groups is 1. The highest BCUT2D eigenvalue weighted by Crippen LogP contribution is 2.26. The Kier molecular flexibility index (Phi) is 7.99. The van der Waals surface area contributed by atoms with Crippen molar-refractivity contribution in [3.05, 3.63) is 29.8 Å². The first kappa shape index (κ1) is 20.0. The molecule has 0 radical (unpaired) electrons. The fourth-order valence-electron chi connectivity index (χ4n) is 3.71. The minimum Gasteiger partial charge on any atom is -0.370 e. The SMILES string of the molecule is I.NC(=NCC(=O)N1CCCc2ccccc21)NC1CCCCCC1. The fraction of sp³-hybridized carbons (Fsp3) is 0.579. The van der Waals surface area contributed by atoms with Gasteiger partial charge in [0.1, 0.15) is 6.54 Å². The van der Waals surface area contributed by atoms with Crippen molar-refractivity contribution in [2.45, 2.75) is 57.4 Å². The molecule has 1 amide bonds. The van der Waals surface area contributed by atoms with Crippen molar-refractivity contribution in [2.75, 3.05) is 18.0 Å². The summed E-state index contributed by atoms with van der Waals surface area (Å²) in [4.78, 5) is 18.7. The van der Waals surface area contributed by atoms with Crippen LogP contribution in [0.1, 0.15) is 50.5 Å². The number of hydrogen-bond acceptors (Lipinski definition) is 2. The zero-order valence-corrected chi connectivity index (χ0v) is 17.1. The van der Waals surface area contributed by atoms with Gasteiger partial charge < -0.3 is 16.0 Å². The van der Waals surface area contributed by atoms with Crippen molar-refractivity contribution < 1.29 is 4.79 Å². The first-order valence-corrected chi connectivity index (χ1v) is 9.19. The summed E-state index contributed by atoms with van der Waals surface area (Å²) < 4.78 is 0. The number of amides is 1. The Bertz CT molecular complexity index is 597. The van der Waals surface area contributed by atoms with Gasteiger partial charge in [0.15, 0.2) is 5.96 Å². The number of fused-ring (bicyclic) bond motifs is 1. The van der Waals surface area contributed by atoms with Crippen LogP contribution < -0.4 is 16.0 Å². The second kappa shape index (κ2) is 9.99. The van der Waals surface area contributed by atoms with E-state index in [1.54, 1.807) is 0 Å². The van der Waals surface area contributed by atoms with Crippen LogP contribution in [0, 0.1) is 0 Å². The zero-order chi connectivity index (χ0) is 16.8. The third-order valence-electron chi connectivity index (χ3n) is 5.00. The maximum Gasteiger partial charge on any atom is 0.248 e. The number of nitrogens with zero attached hydrogens (tertiary/aromatic N) is 2. The third-order valence-corrected chi connectivity index (χ3v) is 5.00. The van der Waals surface area contributed by atoms with E-state index in [1.165, 1.54) is 31.2 Å². The summed E-state index contributed by atoms with van der Waals surface area (Å²) >= 11 is 0. The molecule has 3 rings (SSSR count). The number of para-hydroxylation sites is 1. The van der Waals surface area contributed by atoms with Crippen LogP contribution in [0.4, 0.5) is 5.69 Å². The van der Waals surface area contributed by atoms with Crippen molar-refractivity contribution in [1.29, 1.82) is 0 Å². The van der Waals surface area contributed by atoms with E-state index >= 15 is 0 Å². The van der Waals surface area contributed by atoms with Crippen LogP contribution >= 0.6 is 24.0 Å². The molecule has 2 aliphatic rings. The van der Waals surface area contributed by atoms with Gasteiger partial charge in [0.05, 0.1) is 0 Å². The van der Waals surface area contributed by atoms with E-state index in [2.05, 4.69) is 16.4 Å². The number of benzene rings is 1. The van der Waals surface area contributed by atoms with Gasteiger partial charge in [-0.3, -0.25) is 4.79 Å². The topological polar surface area (TPSA) is 70.7 Å². The average Bonchev–Trinajstić information content (AvgIpc) is 2.88. The summed E-state index contributed by atoms with van der Waals surface area (Å²) in [6.07, 6.45) is 9.43. The molecule has 1 aliphatic carbocycles. The minimum absolute atomic E-state index is 0. The van der Waals surface area contributed by atoms with Crippen molar-refractivity contribution in [3.8, 4) is 0 Å². The van der Waals surface area contributed by atoms with Crippen LogP contribution in [-0.4, -0.2) is 31.0 Å². The Morgan fingerprint density at radius 3 is 2.64 bits per heavy atom. The number of nitrogens with one attached hydrogen (secondary N) is 1. The molecule has 0 saturated heterocycles. The average molecular weight is 456 g/mol. The first-order chi connectivity index (χ1) is 11.7. The Labute approximate surface area is 167 Å². The van der Waals surface area contributed by atoms with Gasteiger partial charge in [-0.25, -0.2) is 4.99 Å². The van der Waals surface area contributed by atoms with Gasteiger partial charge in [-0.2, -0.15) is 0 Å². The maximum absolute atomic E-state index is 12.5. The lowest BCUT2D eigenvalue weighted by Gasteiger charge is -2.29. The largest absolute Gasteiger partial charge is 0.370 e. The molecule has 1 fully saturated rings. The maximum atomic E-state index is 12.5. The van der Waals surface area contributed by atoms with Gasteiger partial charge in [0.2, 0.25) is 5.91 Å². The van der Waals surface area contributed by atoms with Crippen LogP contribution in [0.15, 0.2) is 29.3 Å². The van der Waals surface area contributed by atoms with E-state index in [9.17, 15) is 4.79 Å². The number of carbonyl (C=O) groups excluding carboxylic acids is 1. The second-order valence-electron chi connectivity index (χ2n) is 6.81. The van der Waals surface area contributed by atoms with Gasteiger partial charge in [0.25, 0.3) is 0 Å². The van der Waals surface area contributed by atoms with Crippen LogP contribution in [0.25, 0.3) is 0 Å². The lowest BCUT2D eigenvalue weighted by Crippen LogP contribution is -2.41. The van der Waals surface area contributed by atoms with Gasteiger partial charge in [-0.1, -0.05) is 43.9 Å². The van der Waals surface area contributed by atoms with Gasteiger partial charge in [0, 0.05) is 18.3 Å². The summed E-state index contributed by atoms with van der Waals surface area (Å²) in [6, 6.07) is 8.53. The molecule has 1 aromatic rings. The number of halogens is 1. The monoisotopic (exact) mass is 456 g/mol.